The third kappa shape index (κ3) is 2.81. The average Bonchev–Trinajstić information content (AvgIpc) is 2.85. The van der Waals surface area contributed by atoms with Crippen LogP contribution in [0, 0.1) is 12.8 Å². The van der Waals surface area contributed by atoms with E-state index in [0.29, 0.717) is 13.0 Å². The Labute approximate surface area is 114 Å². The lowest BCUT2D eigenvalue weighted by Gasteiger charge is -2.29. The Morgan fingerprint density at radius 2 is 2.21 bits per heavy atom. The summed E-state index contributed by atoms with van der Waals surface area (Å²) < 4.78 is 1.75. The zero-order valence-electron chi connectivity index (χ0n) is 12.1. The molecule has 2 heterocycles. The van der Waals surface area contributed by atoms with Gasteiger partial charge in [-0.25, -0.2) is 0 Å². The fourth-order valence-electron chi connectivity index (χ4n) is 2.77. The standard InChI is InChI=1S/C14H23N3O2/c1-9(2)13(17-7-10(3)6-15-17)14(19)16-8-12(18)5-11(16)4/h6-7,9,11-13,18H,5,8H2,1-4H3. The van der Waals surface area contributed by atoms with Crippen molar-refractivity contribution in [2.24, 2.45) is 5.92 Å². The second-order valence-corrected chi connectivity index (χ2v) is 5.92. The highest BCUT2D eigenvalue weighted by Crippen LogP contribution is 2.26. The van der Waals surface area contributed by atoms with Crippen LogP contribution in [0.2, 0.25) is 0 Å². The highest BCUT2D eigenvalue weighted by Gasteiger charge is 2.37. The number of β-amino-alcohol motifs (C(OH)–C–C–N with tert-alkyl or cyclic N) is 1. The number of amides is 1. The van der Waals surface area contributed by atoms with Crippen molar-refractivity contribution in [1.82, 2.24) is 14.7 Å². The van der Waals surface area contributed by atoms with E-state index >= 15 is 0 Å². The lowest BCUT2D eigenvalue weighted by Crippen LogP contribution is -2.41. The van der Waals surface area contributed by atoms with Crippen LogP contribution in [0.15, 0.2) is 12.4 Å². The van der Waals surface area contributed by atoms with Gasteiger partial charge in [0.25, 0.3) is 0 Å². The number of carbonyl (C=O) groups excluding carboxylic acids is 1. The summed E-state index contributed by atoms with van der Waals surface area (Å²) in [4.78, 5) is 14.5. The van der Waals surface area contributed by atoms with Gasteiger partial charge in [0.2, 0.25) is 5.91 Å². The minimum Gasteiger partial charge on any atom is -0.391 e. The number of nitrogens with zero attached hydrogens (tertiary/aromatic N) is 3. The average molecular weight is 265 g/mol. The molecule has 0 aliphatic carbocycles. The van der Waals surface area contributed by atoms with Crippen molar-refractivity contribution in [3.63, 3.8) is 0 Å². The fraction of sp³-hybridized carbons (Fsp3) is 0.714. The Kier molecular flexibility index (Phi) is 3.94. The van der Waals surface area contributed by atoms with Gasteiger partial charge in [-0.05, 0) is 31.7 Å². The molecule has 1 fully saturated rings. The van der Waals surface area contributed by atoms with Gasteiger partial charge in [-0.2, -0.15) is 5.10 Å². The van der Waals surface area contributed by atoms with Crippen molar-refractivity contribution in [2.75, 3.05) is 6.54 Å². The van der Waals surface area contributed by atoms with Gasteiger partial charge in [0.05, 0.1) is 12.3 Å². The van der Waals surface area contributed by atoms with E-state index in [4.69, 9.17) is 0 Å². The van der Waals surface area contributed by atoms with Gasteiger partial charge >= 0.3 is 0 Å². The van der Waals surface area contributed by atoms with Crippen molar-refractivity contribution < 1.29 is 9.90 Å². The smallest absolute Gasteiger partial charge is 0.248 e. The number of aryl methyl sites for hydroxylation is 1. The van der Waals surface area contributed by atoms with Crippen LogP contribution in [-0.4, -0.2) is 44.4 Å². The number of aromatic nitrogens is 2. The maximum absolute atomic E-state index is 12.7. The molecule has 19 heavy (non-hydrogen) atoms. The summed E-state index contributed by atoms with van der Waals surface area (Å²) >= 11 is 0. The molecule has 3 atom stereocenters. The minimum absolute atomic E-state index is 0.0575. The summed E-state index contributed by atoms with van der Waals surface area (Å²) in [5, 5.41) is 14.0. The van der Waals surface area contributed by atoms with Crippen LogP contribution in [0.4, 0.5) is 0 Å². The van der Waals surface area contributed by atoms with Crippen molar-refractivity contribution >= 4 is 5.91 Å². The predicted octanol–water partition coefficient (Wildman–Crippen LogP) is 1.37. The molecular weight excluding hydrogens is 242 g/mol. The molecule has 1 aliphatic heterocycles. The maximum Gasteiger partial charge on any atom is 0.248 e. The van der Waals surface area contributed by atoms with Crippen LogP contribution in [0.25, 0.3) is 0 Å². The molecule has 1 saturated heterocycles. The molecule has 0 radical (unpaired) electrons. The Morgan fingerprint density at radius 1 is 1.53 bits per heavy atom. The van der Waals surface area contributed by atoms with Gasteiger partial charge in [0, 0.05) is 18.8 Å². The van der Waals surface area contributed by atoms with Gasteiger partial charge in [-0.1, -0.05) is 13.8 Å². The molecule has 3 unspecified atom stereocenters. The minimum atomic E-state index is -0.397. The normalized spacial score (nSPS) is 25.1. The van der Waals surface area contributed by atoms with E-state index in [-0.39, 0.29) is 23.9 Å². The first kappa shape index (κ1) is 14.1. The highest BCUT2D eigenvalue weighted by atomic mass is 16.3. The molecule has 1 aromatic heterocycles. The van der Waals surface area contributed by atoms with Gasteiger partial charge in [-0.15, -0.1) is 0 Å². The molecule has 0 aromatic carbocycles. The van der Waals surface area contributed by atoms with E-state index in [9.17, 15) is 9.90 Å². The molecule has 106 valence electrons. The van der Waals surface area contributed by atoms with Crippen LogP contribution in [0.3, 0.4) is 0 Å². The monoisotopic (exact) mass is 265 g/mol. The van der Waals surface area contributed by atoms with Gasteiger partial charge in [0.15, 0.2) is 0 Å². The zero-order chi connectivity index (χ0) is 14.2. The Morgan fingerprint density at radius 3 is 2.63 bits per heavy atom. The van der Waals surface area contributed by atoms with Crippen molar-refractivity contribution in [3.05, 3.63) is 18.0 Å². The van der Waals surface area contributed by atoms with Crippen molar-refractivity contribution in [1.29, 1.82) is 0 Å². The number of aliphatic hydroxyl groups is 1. The lowest BCUT2D eigenvalue weighted by molar-refractivity contribution is -0.137. The van der Waals surface area contributed by atoms with E-state index in [1.165, 1.54) is 0 Å². The fourth-order valence-corrected chi connectivity index (χ4v) is 2.77. The number of rotatable bonds is 3. The van der Waals surface area contributed by atoms with Crippen LogP contribution >= 0.6 is 0 Å². The molecule has 0 bridgehead atoms. The van der Waals surface area contributed by atoms with Crippen molar-refractivity contribution in [2.45, 2.75) is 52.3 Å². The van der Waals surface area contributed by atoms with Crippen LogP contribution in [0.5, 0.6) is 0 Å². The highest BCUT2D eigenvalue weighted by molar-refractivity contribution is 5.81. The predicted molar refractivity (Wildman–Crippen MR) is 72.6 cm³/mol. The third-order valence-electron chi connectivity index (χ3n) is 3.74. The summed E-state index contributed by atoms with van der Waals surface area (Å²) in [7, 11) is 0. The SMILES string of the molecule is Cc1cnn(C(C(=O)N2CC(O)CC2C)C(C)C)c1. The van der Waals surface area contributed by atoms with E-state index in [2.05, 4.69) is 5.10 Å². The maximum atomic E-state index is 12.7. The van der Waals surface area contributed by atoms with Crippen LogP contribution < -0.4 is 0 Å². The first-order valence-corrected chi connectivity index (χ1v) is 6.89. The molecule has 1 N–H and O–H groups in total. The van der Waals surface area contributed by atoms with E-state index in [1.54, 1.807) is 15.8 Å². The van der Waals surface area contributed by atoms with Gasteiger partial charge in [-0.3, -0.25) is 9.48 Å². The summed E-state index contributed by atoms with van der Waals surface area (Å²) in [6.07, 6.45) is 3.94. The summed E-state index contributed by atoms with van der Waals surface area (Å²) in [5.41, 5.74) is 1.05. The van der Waals surface area contributed by atoms with E-state index in [0.717, 1.165) is 5.56 Å². The first-order valence-electron chi connectivity index (χ1n) is 6.89. The quantitative estimate of drug-likeness (QED) is 0.898. The Balaban J connectivity index is 2.22. The molecule has 5 heteroatoms. The molecular formula is C14H23N3O2. The van der Waals surface area contributed by atoms with Gasteiger partial charge < -0.3 is 10.0 Å². The molecule has 5 nitrogen and oxygen atoms in total. The molecule has 1 amide bonds. The van der Waals surface area contributed by atoms with Crippen molar-refractivity contribution in [3.8, 4) is 0 Å². The van der Waals surface area contributed by atoms with E-state index < -0.39 is 6.10 Å². The third-order valence-corrected chi connectivity index (χ3v) is 3.74. The number of likely N-dealkylation sites (tertiary alicyclic amines) is 1. The second-order valence-electron chi connectivity index (χ2n) is 5.92. The largest absolute Gasteiger partial charge is 0.391 e. The molecule has 0 saturated carbocycles. The topological polar surface area (TPSA) is 58.4 Å². The van der Waals surface area contributed by atoms with Gasteiger partial charge in [0.1, 0.15) is 6.04 Å². The number of aliphatic hydroxyl groups excluding tert-OH is 1. The zero-order valence-corrected chi connectivity index (χ0v) is 12.1. The summed E-state index contributed by atoms with van der Waals surface area (Å²) in [6, 6.07) is -0.193. The second kappa shape index (κ2) is 5.33. The Hall–Kier alpha value is -1.36. The number of hydrogen-bond donors (Lipinski definition) is 1. The molecule has 1 aromatic rings. The molecule has 0 spiro atoms. The van der Waals surface area contributed by atoms with Crippen LogP contribution in [0.1, 0.15) is 38.8 Å². The van der Waals surface area contributed by atoms with E-state index in [1.807, 2.05) is 33.9 Å². The molecule has 1 aliphatic rings. The first-order chi connectivity index (χ1) is 8.90. The summed E-state index contributed by atoms with van der Waals surface area (Å²) in [6.45, 7) is 8.43. The number of carbonyl (C=O) groups is 1. The Bertz CT molecular complexity index is 455. The lowest BCUT2D eigenvalue weighted by atomic mass is 10.0. The molecule has 2 rings (SSSR count). The number of hydrogen-bond acceptors (Lipinski definition) is 3. The summed E-state index contributed by atoms with van der Waals surface area (Å²) in [5.74, 6) is 0.221. The van der Waals surface area contributed by atoms with Crippen LogP contribution in [-0.2, 0) is 4.79 Å².